The molecule has 8 rings (SSSR count). The van der Waals surface area contributed by atoms with Gasteiger partial charge in [-0.05, 0) is 21.7 Å². The molecule has 0 saturated heterocycles. The van der Waals surface area contributed by atoms with E-state index in [0.29, 0.717) is 0 Å². The van der Waals surface area contributed by atoms with Crippen LogP contribution in [0.15, 0.2) is 0 Å². The van der Waals surface area contributed by atoms with Crippen molar-refractivity contribution >= 4 is 71.1 Å². The van der Waals surface area contributed by atoms with E-state index in [9.17, 15) is 148 Å². The molecule has 4 heterocycles. The van der Waals surface area contributed by atoms with Gasteiger partial charge in [-0.25, -0.2) is 89.4 Å². The number of nitrogens with zero attached hydrogens (tertiary/aromatic N) is 4. The average molecular weight is 1540 g/mol. The normalized spacial score (nSPS) is 15.5. The van der Waals surface area contributed by atoms with Crippen molar-refractivity contribution in [3.05, 3.63) is 138 Å². The van der Waals surface area contributed by atoms with Crippen LogP contribution in [0.5, 0.6) is 0 Å². The van der Waals surface area contributed by atoms with Crippen LogP contribution in [0.25, 0.3) is 0 Å². The Kier molecular flexibility index (Phi) is 22.9. The van der Waals surface area contributed by atoms with Crippen molar-refractivity contribution in [3.63, 3.8) is 0 Å². The number of amides is 8. The molecule has 38 heteroatoms. The molecule has 0 aliphatic carbocycles. The third kappa shape index (κ3) is 13.2. The fraction of sp³-hybridized carbons (Fsp3) is 0.357. The zero-order chi connectivity index (χ0) is 71.4. The van der Waals surface area contributed by atoms with Crippen molar-refractivity contribution in [1.29, 1.82) is 0 Å². The Hall–Kier alpha value is -8.55. The molecule has 514 valence electrons. The molecule has 0 fully saturated rings. The fourth-order valence-corrected chi connectivity index (χ4v) is 9.88. The number of carbonyl (C=O) groups is 12. The van der Waals surface area contributed by atoms with Gasteiger partial charge in [0.25, 0.3) is 47.3 Å². The van der Waals surface area contributed by atoms with Crippen molar-refractivity contribution < 1.29 is 187 Å². The first-order valence-corrected chi connectivity index (χ1v) is 25.5. The summed E-state index contributed by atoms with van der Waals surface area (Å²) in [5, 5.41) is 37.0. The van der Waals surface area contributed by atoms with Crippen LogP contribution in [0.3, 0.4) is 0 Å². The van der Waals surface area contributed by atoms with Gasteiger partial charge in [0.15, 0.2) is 93.1 Å². The van der Waals surface area contributed by atoms with Gasteiger partial charge in [-0.3, -0.25) is 58.0 Å². The second-order valence-corrected chi connectivity index (χ2v) is 24.4. The second kappa shape index (κ2) is 27.0. The molecule has 94 heavy (non-hydrogen) atoms. The van der Waals surface area contributed by atoms with Crippen molar-refractivity contribution in [2.45, 2.75) is 107 Å². The summed E-state index contributed by atoms with van der Waals surface area (Å²) in [7, 11) is 0. The van der Waals surface area contributed by atoms with Crippen LogP contribution in [0.2, 0.25) is 0 Å². The summed E-state index contributed by atoms with van der Waals surface area (Å²) in [6.07, 6.45) is 0. The molecule has 4 atom stereocenters. The molecule has 8 amide bonds. The summed E-state index contributed by atoms with van der Waals surface area (Å²) in [6, 6.07) is -7.11. The van der Waals surface area contributed by atoms with E-state index < -0.39 is 255 Å². The minimum absolute atomic E-state index is 0. The van der Waals surface area contributed by atoms with Crippen LogP contribution in [-0.2, 0) is 58.1 Å². The van der Waals surface area contributed by atoms with Gasteiger partial charge in [-0.15, -0.1) is 0 Å². The largest absolute Gasteiger partial charge is 0.480 e. The SMILES string of the molecule is CC(C)(C)[C@H](C(=O)O)N1C(=O)c2c(F)c(F)c(F)c(F)c2C1=O.CC(C)(C)[C@H](C(=O)O)N1C(=O)c2c(F)c(F)c(F)c(F)c2C1=O.CC(C)(C)[C@H](C(=O)O)N1C(=O)c2c(F)c(F)c(F)c(F)c2C1=O.CC(C)(C)[C@H](C(=O)O)N1C(=O)c2c(F)c(F)c(F)c(F)c2C1=O.[Rh].[Rh]. The second-order valence-electron chi connectivity index (χ2n) is 24.4. The first kappa shape index (κ1) is 79.7. The van der Waals surface area contributed by atoms with Crippen LogP contribution >= 0.6 is 0 Å². The standard InChI is InChI=1S/4C14H11F4NO4.2Rh/c4*1-14(2,3)10(13(22)23)19-11(20)4-5(12(19)21)7(16)9(18)8(17)6(4)15;;/h4*10H,1-3H3,(H,22,23);;/t4*10-;;/m0000../s1. The maximum Gasteiger partial charge on any atom is 0.327 e. The zero-order valence-corrected chi connectivity index (χ0v) is 52.8. The zero-order valence-electron chi connectivity index (χ0n) is 49.5. The first-order chi connectivity index (χ1) is 41.6. The van der Waals surface area contributed by atoms with Gasteiger partial charge >= 0.3 is 23.9 Å². The van der Waals surface area contributed by atoms with Crippen molar-refractivity contribution in [2.75, 3.05) is 0 Å². The number of benzene rings is 4. The van der Waals surface area contributed by atoms with E-state index in [4.69, 9.17) is 0 Å². The quantitative estimate of drug-likeness (QED) is 0.0420. The molecule has 2 radical (unpaired) electrons. The predicted octanol–water partition coefficient (Wildman–Crippen LogP) is 9.35. The Morgan fingerprint density at radius 2 is 0.319 bits per heavy atom. The van der Waals surface area contributed by atoms with Gasteiger partial charge in [0, 0.05) is 39.0 Å². The molecule has 0 aromatic heterocycles. The molecule has 20 nitrogen and oxygen atoms in total. The van der Waals surface area contributed by atoms with Crippen LogP contribution in [0, 0.1) is 115 Å². The van der Waals surface area contributed by atoms with E-state index in [1.165, 1.54) is 83.1 Å². The molecule has 4 aliphatic rings. The number of carboxylic acid groups (broad SMARTS) is 4. The smallest absolute Gasteiger partial charge is 0.327 e. The van der Waals surface area contributed by atoms with Gasteiger partial charge in [0.2, 0.25) is 0 Å². The number of carbonyl (C=O) groups excluding carboxylic acids is 8. The molecule has 4 aromatic carbocycles. The fourth-order valence-electron chi connectivity index (χ4n) is 9.88. The first-order valence-electron chi connectivity index (χ1n) is 25.5. The van der Waals surface area contributed by atoms with Crippen molar-refractivity contribution in [1.82, 2.24) is 19.6 Å². The van der Waals surface area contributed by atoms with E-state index in [0.717, 1.165) is 0 Å². The Labute approximate surface area is 542 Å². The minimum Gasteiger partial charge on any atom is -0.480 e. The van der Waals surface area contributed by atoms with E-state index in [2.05, 4.69) is 0 Å². The van der Waals surface area contributed by atoms with Crippen molar-refractivity contribution in [2.24, 2.45) is 21.7 Å². The van der Waals surface area contributed by atoms with Gasteiger partial charge in [0.05, 0.1) is 44.5 Å². The third-order valence-electron chi connectivity index (χ3n) is 13.8. The number of halogens is 16. The average Bonchev–Trinajstić information content (AvgIpc) is 1.61. The number of aliphatic carboxylic acids is 4. The molecular formula is C56H44F16N4O16Rh2. The molecule has 4 aromatic rings. The van der Waals surface area contributed by atoms with Crippen LogP contribution < -0.4 is 0 Å². The van der Waals surface area contributed by atoms with E-state index in [-0.39, 0.29) is 58.6 Å². The number of hydrogen-bond donors (Lipinski definition) is 4. The predicted molar refractivity (Wildman–Crippen MR) is 271 cm³/mol. The summed E-state index contributed by atoms with van der Waals surface area (Å²) in [6.45, 7) is 16.5. The number of carboxylic acids is 4. The molecule has 4 N–H and O–H groups in total. The maximum absolute atomic E-state index is 13.8. The van der Waals surface area contributed by atoms with Gasteiger partial charge in [0.1, 0.15) is 24.2 Å². The molecular weight excluding hydrogens is 1490 g/mol. The molecule has 0 spiro atoms. The monoisotopic (exact) mass is 1540 g/mol. The summed E-state index contributed by atoms with van der Waals surface area (Å²) < 4.78 is 216. The Bertz CT molecular complexity index is 3350. The van der Waals surface area contributed by atoms with E-state index >= 15 is 0 Å². The van der Waals surface area contributed by atoms with Gasteiger partial charge in [-0.1, -0.05) is 83.1 Å². The van der Waals surface area contributed by atoms with Gasteiger partial charge in [-0.2, -0.15) is 0 Å². The van der Waals surface area contributed by atoms with Crippen LogP contribution in [0.1, 0.15) is 166 Å². The molecule has 0 unspecified atom stereocenters. The molecule has 4 aliphatic heterocycles. The summed E-state index contributed by atoms with van der Waals surface area (Å²) in [4.78, 5) is 143. The number of hydrogen-bond acceptors (Lipinski definition) is 12. The van der Waals surface area contributed by atoms with Crippen LogP contribution in [0.4, 0.5) is 70.2 Å². The number of rotatable bonds is 8. The number of imide groups is 4. The van der Waals surface area contributed by atoms with Crippen molar-refractivity contribution in [3.8, 4) is 0 Å². The Balaban J connectivity index is 0.000000325. The Morgan fingerprint density at radius 3 is 0.383 bits per heavy atom. The maximum atomic E-state index is 13.8. The summed E-state index contributed by atoms with van der Waals surface area (Å²) >= 11 is 0. The third-order valence-corrected chi connectivity index (χ3v) is 13.8. The summed E-state index contributed by atoms with van der Waals surface area (Å²) in [5.74, 6) is -52.8. The molecule has 0 bridgehead atoms. The topological polar surface area (TPSA) is 299 Å². The van der Waals surface area contributed by atoms with Crippen LogP contribution in [-0.4, -0.2) is 135 Å². The van der Waals surface area contributed by atoms with Gasteiger partial charge < -0.3 is 20.4 Å². The van der Waals surface area contributed by atoms with E-state index in [1.807, 2.05) is 0 Å². The summed E-state index contributed by atoms with van der Waals surface area (Å²) in [5.41, 5.74) is -15.2. The molecule has 0 saturated carbocycles. The van der Waals surface area contributed by atoms with E-state index in [1.54, 1.807) is 0 Å². The minimum atomic E-state index is -2.24. The Morgan fingerprint density at radius 1 is 0.234 bits per heavy atom. The number of fused-ring (bicyclic) bond motifs is 4.